The molecular weight excluding hydrogens is 182 g/mol. The van der Waals surface area contributed by atoms with E-state index in [0.717, 1.165) is 5.03 Å². The summed E-state index contributed by atoms with van der Waals surface area (Å²) < 4.78 is 0. The van der Waals surface area contributed by atoms with E-state index in [2.05, 4.69) is 4.98 Å². The molecule has 1 aromatic heterocycles. The Morgan fingerprint density at radius 1 is 1.38 bits per heavy atom. The van der Waals surface area contributed by atoms with Crippen LogP contribution in [-0.4, -0.2) is 17.0 Å². The lowest BCUT2D eigenvalue weighted by Gasteiger charge is -2.14. The van der Waals surface area contributed by atoms with Crippen molar-refractivity contribution >= 4 is 17.5 Å². The number of ketones is 1. The largest absolute Gasteiger partial charge is 0.347 e. The van der Waals surface area contributed by atoms with Gasteiger partial charge in [0, 0.05) is 5.41 Å². The Bertz CT molecular complexity index is 309. The molecule has 0 radical (unpaired) electrons. The Labute approximate surface area is 83.1 Å². The van der Waals surface area contributed by atoms with Crippen molar-refractivity contribution in [1.29, 1.82) is 0 Å². The molecule has 2 nitrogen and oxygen atoms in total. The van der Waals surface area contributed by atoms with Gasteiger partial charge in [0.2, 0.25) is 0 Å². The number of aromatic nitrogens is 1. The molecule has 1 heterocycles. The quantitative estimate of drug-likeness (QED) is 0.584. The molecule has 0 aliphatic heterocycles. The zero-order chi connectivity index (χ0) is 10.1. The van der Waals surface area contributed by atoms with Crippen LogP contribution in [0.2, 0.25) is 0 Å². The van der Waals surface area contributed by atoms with Gasteiger partial charge in [-0.1, -0.05) is 20.8 Å². The molecule has 0 atom stereocenters. The maximum atomic E-state index is 11.8. The minimum atomic E-state index is -0.305. The van der Waals surface area contributed by atoms with Gasteiger partial charge in [0.05, 0.1) is 10.7 Å². The summed E-state index contributed by atoms with van der Waals surface area (Å²) >= 11 is 1.61. The first-order chi connectivity index (χ1) is 5.95. The maximum Gasteiger partial charge on any atom is 0.184 e. The number of aromatic amines is 1. The molecule has 3 heteroatoms. The molecular formula is C10H15NOS. The van der Waals surface area contributed by atoms with Gasteiger partial charge in [-0.25, -0.2) is 0 Å². The van der Waals surface area contributed by atoms with Crippen LogP contribution in [0.1, 0.15) is 31.3 Å². The molecule has 0 aliphatic carbocycles. The summed E-state index contributed by atoms with van der Waals surface area (Å²) in [7, 11) is 0. The SMILES string of the molecule is CSc1ccc(C(=O)C(C)(C)C)[nH]1. The number of Topliss-reactive ketones (excluding diaryl/α,β-unsaturated/α-hetero) is 1. The average molecular weight is 197 g/mol. The predicted octanol–water partition coefficient (Wildman–Crippen LogP) is 2.97. The van der Waals surface area contributed by atoms with Crippen LogP contribution in [0.25, 0.3) is 0 Å². The van der Waals surface area contributed by atoms with E-state index in [1.54, 1.807) is 11.8 Å². The zero-order valence-electron chi connectivity index (χ0n) is 8.47. The van der Waals surface area contributed by atoms with Crippen molar-refractivity contribution in [2.45, 2.75) is 25.8 Å². The Kier molecular flexibility index (Phi) is 2.86. The Morgan fingerprint density at radius 2 is 2.00 bits per heavy atom. The number of rotatable bonds is 2. The van der Waals surface area contributed by atoms with Crippen molar-refractivity contribution in [3.63, 3.8) is 0 Å². The first-order valence-corrected chi connectivity index (χ1v) is 5.45. The van der Waals surface area contributed by atoms with Gasteiger partial charge in [0.15, 0.2) is 5.78 Å². The van der Waals surface area contributed by atoms with Gasteiger partial charge in [-0.2, -0.15) is 0 Å². The summed E-state index contributed by atoms with van der Waals surface area (Å²) in [6, 6.07) is 3.78. The summed E-state index contributed by atoms with van der Waals surface area (Å²) in [6.45, 7) is 5.78. The summed E-state index contributed by atoms with van der Waals surface area (Å²) in [5, 5.41) is 1.03. The number of thioether (sulfide) groups is 1. The molecule has 0 aromatic carbocycles. The molecule has 1 N–H and O–H groups in total. The fourth-order valence-corrected chi connectivity index (χ4v) is 1.45. The minimum absolute atomic E-state index is 0.160. The number of carbonyl (C=O) groups is 1. The van der Waals surface area contributed by atoms with Gasteiger partial charge < -0.3 is 4.98 Å². The maximum absolute atomic E-state index is 11.8. The van der Waals surface area contributed by atoms with Crippen LogP contribution in [0.15, 0.2) is 17.2 Å². The fourth-order valence-electron chi connectivity index (χ4n) is 1.03. The number of carbonyl (C=O) groups excluding carboxylic acids is 1. The van der Waals surface area contributed by atoms with Gasteiger partial charge in [0.25, 0.3) is 0 Å². The van der Waals surface area contributed by atoms with Gasteiger partial charge in [-0.3, -0.25) is 4.79 Å². The van der Waals surface area contributed by atoms with E-state index in [1.807, 2.05) is 39.2 Å². The fraction of sp³-hybridized carbons (Fsp3) is 0.500. The van der Waals surface area contributed by atoms with E-state index < -0.39 is 0 Å². The second-order valence-electron chi connectivity index (χ2n) is 4.02. The highest BCUT2D eigenvalue weighted by Gasteiger charge is 2.23. The van der Waals surface area contributed by atoms with E-state index in [4.69, 9.17) is 0 Å². The molecule has 0 saturated heterocycles. The molecule has 0 unspecified atom stereocenters. The van der Waals surface area contributed by atoms with Gasteiger partial charge in [0.1, 0.15) is 0 Å². The van der Waals surface area contributed by atoms with Crippen LogP contribution in [0.3, 0.4) is 0 Å². The third-order valence-electron chi connectivity index (χ3n) is 1.80. The third-order valence-corrected chi connectivity index (χ3v) is 2.48. The topological polar surface area (TPSA) is 32.9 Å². The normalized spacial score (nSPS) is 11.7. The number of hydrogen-bond acceptors (Lipinski definition) is 2. The molecule has 0 spiro atoms. The van der Waals surface area contributed by atoms with Crippen molar-refractivity contribution in [2.75, 3.05) is 6.26 Å². The standard InChI is InChI=1S/C10H15NOS/c1-10(2,3)9(12)7-5-6-8(11-7)13-4/h5-6,11H,1-4H3. The molecule has 1 rings (SSSR count). The molecule has 0 aliphatic rings. The van der Waals surface area contributed by atoms with E-state index in [9.17, 15) is 4.79 Å². The molecule has 0 bridgehead atoms. The highest BCUT2D eigenvalue weighted by atomic mass is 32.2. The van der Waals surface area contributed by atoms with Gasteiger partial charge >= 0.3 is 0 Å². The van der Waals surface area contributed by atoms with Crippen LogP contribution < -0.4 is 0 Å². The van der Waals surface area contributed by atoms with Crippen LogP contribution in [0.4, 0.5) is 0 Å². The first-order valence-electron chi connectivity index (χ1n) is 4.23. The van der Waals surface area contributed by atoms with Gasteiger partial charge in [-0.05, 0) is 18.4 Å². The van der Waals surface area contributed by atoms with Crippen LogP contribution in [0, 0.1) is 5.41 Å². The third kappa shape index (κ3) is 2.37. The van der Waals surface area contributed by atoms with Crippen molar-refractivity contribution in [2.24, 2.45) is 5.41 Å². The first kappa shape index (κ1) is 10.4. The lowest BCUT2D eigenvalue weighted by atomic mass is 9.89. The lowest BCUT2D eigenvalue weighted by Crippen LogP contribution is -2.20. The lowest BCUT2D eigenvalue weighted by molar-refractivity contribution is 0.0853. The molecule has 0 amide bonds. The molecule has 72 valence electrons. The summed E-state index contributed by atoms with van der Waals surface area (Å²) in [6.07, 6.45) is 1.98. The van der Waals surface area contributed by atoms with E-state index in [1.165, 1.54) is 0 Å². The van der Waals surface area contributed by atoms with Crippen molar-refractivity contribution in [3.8, 4) is 0 Å². The predicted molar refractivity (Wildman–Crippen MR) is 56.4 cm³/mol. The van der Waals surface area contributed by atoms with Gasteiger partial charge in [-0.15, -0.1) is 11.8 Å². The Balaban J connectivity index is 2.90. The summed E-state index contributed by atoms with van der Waals surface area (Å²) in [5.74, 6) is 0.160. The second-order valence-corrected chi connectivity index (χ2v) is 4.87. The molecule has 0 saturated carbocycles. The average Bonchev–Trinajstić information content (AvgIpc) is 2.48. The molecule has 1 aromatic rings. The second kappa shape index (κ2) is 3.58. The highest BCUT2D eigenvalue weighted by Crippen LogP contribution is 2.22. The Hall–Kier alpha value is -0.700. The summed E-state index contributed by atoms with van der Waals surface area (Å²) in [5.41, 5.74) is 0.400. The summed E-state index contributed by atoms with van der Waals surface area (Å²) in [4.78, 5) is 14.8. The van der Waals surface area contributed by atoms with Crippen LogP contribution >= 0.6 is 11.8 Å². The van der Waals surface area contributed by atoms with Crippen LogP contribution in [0.5, 0.6) is 0 Å². The zero-order valence-corrected chi connectivity index (χ0v) is 9.29. The molecule has 13 heavy (non-hydrogen) atoms. The van der Waals surface area contributed by atoms with Crippen molar-refractivity contribution in [3.05, 3.63) is 17.8 Å². The molecule has 0 fully saturated rings. The van der Waals surface area contributed by atoms with E-state index in [-0.39, 0.29) is 11.2 Å². The van der Waals surface area contributed by atoms with Crippen molar-refractivity contribution in [1.82, 2.24) is 4.98 Å². The van der Waals surface area contributed by atoms with E-state index in [0.29, 0.717) is 5.69 Å². The van der Waals surface area contributed by atoms with Crippen LogP contribution in [-0.2, 0) is 0 Å². The highest BCUT2D eigenvalue weighted by molar-refractivity contribution is 7.98. The smallest absolute Gasteiger partial charge is 0.184 e. The number of nitrogens with one attached hydrogen (secondary N) is 1. The monoisotopic (exact) mass is 197 g/mol. The number of hydrogen-bond donors (Lipinski definition) is 1. The van der Waals surface area contributed by atoms with Crippen molar-refractivity contribution < 1.29 is 4.79 Å². The Morgan fingerprint density at radius 3 is 2.38 bits per heavy atom. The van der Waals surface area contributed by atoms with E-state index >= 15 is 0 Å². The minimum Gasteiger partial charge on any atom is -0.347 e. The number of H-pyrrole nitrogens is 1.